The number of carbonyl (C=O) groups excluding carboxylic acids is 1. The van der Waals surface area contributed by atoms with Crippen LogP contribution in [0.2, 0.25) is 0 Å². The average Bonchev–Trinajstić information content (AvgIpc) is 1.99. The van der Waals surface area contributed by atoms with Crippen LogP contribution >= 0.6 is 0 Å². The Hall–Kier alpha value is -1.29. The standard InChI is InChI=1S/C8H14N2O2/c1-4-8(12)9-5-7(11)6-10(2)3/h4-5,11H,1,6H2,2-3H3,(H,9,12). The maximum Gasteiger partial charge on any atom is 0.247 e. The molecule has 0 saturated carbocycles. The molecule has 0 atom stereocenters. The van der Waals surface area contributed by atoms with Gasteiger partial charge in [-0.2, -0.15) is 0 Å². The van der Waals surface area contributed by atoms with Gasteiger partial charge in [0.25, 0.3) is 0 Å². The minimum absolute atomic E-state index is 0.107. The topological polar surface area (TPSA) is 52.6 Å². The van der Waals surface area contributed by atoms with Crippen LogP contribution < -0.4 is 5.32 Å². The van der Waals surface area contributed by atoms with Crippen molar-refractivity contribution in [1.29, 1.82) is 0 Å². The van der Waals surface area contributed by atoms with E-state index >= 15 is 0 Å². The smallest absolute Gasteiger partial charge is 0.247 e. The van der Waals surface area contributed by atoms with E-state index in [1.807, 2.05) is 14.1 Å². The van der Waals surface area contributed by atoms with Gasteiger partial charge >= 0.3 is 0 Å². The summed E-state index contributed by atoms with van der Waals surface area (Å²) in [6.07, 6.45) is 2.39. The van der Waals surface area contributed by atoms with Gasteiger partial charge in [-0.15, -0.1) is 0 Å². The number of carbonyl (C=O) groups is 1. The molecule has 0 rings (SSSR count). The number of hydrogen-bond acceptors (Lipinski definition) is 3. The molecule has 1 amide bonds. The number of rotatable bonds is 4. The molecule has 0 saturated heterocycles. The lowest BCUT2D eigenvalue weighted by molar-refractivity contribution is -0.115. The number of likely N-dealkylation sites (N-methyl/N-ethyl adjacent to an activating group) is 1. The molecule has 0 aromatic carbocycles. The first-order valence-electron chi connectivity index (χ1n) is 3.52. The molecule has 0 unspecified atom stereocenters. The van der Waals surface area contributed by atoms with E-state index in [1.165, 1.54) is 6.20 Å². The predicted molar refractivity (Wildman–Crippen MR) is 47.6 cm³/mol. The summed E-state index contributed by atoms with van der Waals surface area (Å²) in [5, 5.41) is 11.5. The van der Waals surface area contributed by atoms with E-state index in [4.69, 9.17) is 5.11 Å². The third kappa shape index (κ3) is 5.49. The van der Waals surface area contributed by atoms with Crippen LogP contribution in [0.5, 0.6) is 0 Å². The summed E-state index contributed by atoms with van der Waals surface area (Å²) in [5.41, 5.74) is 0. The maximum atomic E-state index is 10.6. The lowest BCUT2D eigenvalue weighted by atomic mass is 10.5. The minimum atomic E-state index is -0.333. The second kappa shape index (κ2) is 5.37. The number of nitrogens with one attached hydrogen (secondary N) is 1. The highest BCUT2D eigenvalue weighted by Crippen LogP contribution is 1.87. The molecule has 4 heteroatoms. The number of hydrogen-bond donors (Lipinski definition) is 2. The first-order valence-corrected chi connectivity index (χ1v) is 3.52. The van der Waals surface area contributed by atoms with Crippen molar-refractivity contribution in [1.82, 2.24) is 10.2 Å². The molecule has 0 spiro atoms. The van der Waals surface area contributed by atoms with Gasteiger partial charge in [0, 0.05) is 6.20 Å². The first-order chi connectivity index (χ1) is 5.56. The van der Waals surface area contributed by atoms with Gasteiger partial charge in [0.05, 0.1) is 6.54 Å². The van der Waals surface area contributed by atoms with Crippen LogP contribution in [0.25, 0.3) is 0 Å². The van der Waals surface area contributed by atoms with Crippen molar-refractivity contribution < 1.29 is 9.90 Å². The van der Waals surface area contributed by atoms with Crippen molar-refractivity contribution in [3.63, 3.8) is 0 Å². The molecule has 68 valence electrons. The molecule has 0 bridgehead atoms. The normalized spacial score (nSPS) is 11.4. The van der Waals surface area contributed by atoms with Crippen molar-refractivity contribution in [2.45, 2.75) is 0 Å². The molecule has 0 heterocycles. The second-order valence-corrected chi connectivity index (χ2v) is 2.59. The quantitative estimate of drug-likeness (QED) is 0.469. The molecule has 0 aliphatic heterocycles. The molecule has 0 aromatic heterocycles. The van der Waals surface area contributed by atoms with Gasteiger partial charge in [0.2, 0.25) is 5.91 Å². The van der Waals surface area contributed by atoms with Crippen LogP contribution in [0, 0.1) is 0 Å². The lowest BCUT2D eigenvalue weighted by Crippen LogP contribution is -2.19. The summed E-state index contributed by atoms with van der Waals surface area (Å²) in [6.45, 7) is 3.67. The zero-order chi connectivity index (χ0) is 9.56. The highest BCUT2D eigenvalue weighted by atomic mass is 16.3. The lowest BCUT2D eigenvalue weighted by Gasteiger charge is -2.07. The van der Waals surface area contributed by atoms with Crippen LogP contribution in [-0.2, 0) is 4.79 Å². The van der Waals surface area contributed by atoms with Gasteiger partial charge in [-0.25, -0.2) is 0 Å². The fourth-order valence-corrected chi connectivity index (χ4v) is 0.583. The van der Waals surface area contributed by atoms with Crippen LogP contribution in [0.1, 0.15) is 0 Å². The third-order valence-electron chi connectivity index (χ3n) is 1.04. The molecular formula is C8H14N2O2. The molecule has 0 aliphatic rings. The Morgan fingerprint density at radius 3 is 2.67 bits per heavy atom. The predicted octanol–water partition coefficient (Wildman–Crippen LogP) is 0.250. The Morgan fingerprint density at radius 2 is 2.25 bits per heavy atom. The van der Waals surface area contributed by atoms with Gasteiger partial charge in [-0.1, -0.05) is 6.58 Å². The SMILES string of the molecule is C=CC(=O)NC=C(O)CN(C)C. The van der Waals surface area contributed by atoms with Crippen LogP contribution in [0.3, 0.4) is 0 Å². The van der Waals surface area contributed by atoms with Gasteiger partial charge in [-0.3, -0.25) is 4.79 Å². The fraction of sp³-hybridized carbons (Fsp3) is 0.375. The Kier molecular flexibility index (Phi) is 4.79. The van der Waals surface area contributed by atoms with E-state index in [1.54, 1.807) is 4.90 Å². The number of aliphatic hydroxyl groups excluding tert-OH is 1. The molecule has 2 N–H and O–H groups in total. The van der Waals surface area contributed by atoms with Crippen molar-refractivity contribution in [2.24, 2.45) is 0 Å². The van der Waals surface area contributed by atoms with Gasteiger partial charge in [0.1, 0.15) is 5.76 Å². The number of aliphatic hydroxyl groups is 1. The van der Waals surface area contributed by atoms with Crippen LogP contribution in [0.4, 0.5) is 0 Å². The molecule has 12 heavy (non-hydrogen) atoms. The summed E-state index contributed by atoms with van der Waals surface area (Å²) >= 11 is 0. The van der Waals surface area contributed by atoms with E-state index < -0.39 is 0 Å². The summed E-state index contributed by atoms with van der Waals surface area (Å²) in [4.78, 5) is 12.4. The van der Waals surface area contributed by atoms with Crippen molar-refractivity contribution in [2.75, 3.05) is 20.6 Å². The molecule has 0 aromatic rings. The van der Waals surface area contributed by atoms with E-state index in [0.29, 0.717) is 6.54 Å². The van der Waals surface area contributed by atoms with E-state index in [2.05, 4.69) is 11.9 Å². The van der Waals surface area contributed by atoms with Crippen molar-refractivity contribution in [3.05, 3.63) is 24.6 Å². The molecular weight excluding hydrogens is 156 g/mol. The monoisotopic (exact) mass is 170 g/mol. The molecule has 0 fully saturated rings. The summed E-state index contributed by atoms with van der Waals surface area (Å²) < 4.78 is 0. The largest absolute Gasteiger partial charge is 0.509 e. The van der Waals surface area contributed by atoms with Crippen LogP contribution in [-0.4, -0.2) is 36.6 Å². The number of amides is 1. The van der Waals surface area contributed by atoms with Gasteiger partial charge in [-0.05, 0) is 20.2 Å². The van der Waals surface area contributed by atoms with Crippen molar-refractivity contribution in [3.8, 4) is 0 Å². The Bertz CT molecular complexity index is 197. The summed E-state index contributed by atoms with van der Waals surface area (Å²) in [6, 6.07) is 0. The average molecular weight is 170 g/mol. The Balaban J connectivity index is 3.83. The zero-order valence-electron chi connectivity index (χ0n) is 7.37. The van der Waals surface area contributed by atoms with Gasteiger partial charge in [0.15, 0.2) is 0 Å². The van der Waals surface area contributed by atoms with Gasteiger partial charge < -0.3 is 15.3 Å². The second-order valence-electron chi connectivity index (χ2n) is 2.59. The fourth-order valence-electron chi connectivity index (χ4n) is 0.583. The number of nitrogens with zero attached hydrogens (tertiary/aromatic N) is 1. The van der Waals surface area contributed by atoms with E-state index in [-0.39, 0.29) is 11.7 Å². The highest BCUT2D eigenvalue weighted by molar-refractivity contribution is 5.87. The van der Waals surface area contributed by atoms with E-state index in [9.17, 15) is 4.79 Å². The zero-order valence-corrected chi connectivity index (χ0v) is 7.37. The Labute approximate surface area is 72.2 Å². The Morgan fingerprint density at radius 1 is 1.67 bits per heavy atom. The molecule has 4 nitrogen and oxygen atoms in total. The van der Waals surface area contributed by atoms with Crippen LogP contribution in [0.15, 0.2) is 24.6 Å². The third-order valence-corrected chi connectivity index (χ3v) is 1.04. The highest BCUT2D eigenvalue weighted by Gasteiger charge is 1.95. The summed E-state index contributed by atoms with van der Waals surface area (Å²) in [5.74, 6) is -0.226. The minimum Gasteiger partial charge on any atom is -0.509 e. The molecule has 0 aliphatic carbocycles. The van der Waals surface area contributed by atoms with Crippen molar-refractivity contribution >= 4 is 5.91 Å². The first kappa shape index (κ1) is 10.7. The van der Waals surface area contributed by atoms with E-state index in [0.717, 1.165) is 6.08 Å². The molecule has 0 radical (unpaired) electrons. The summed E-state index contributed by atoms with van der Waals surface area (Å²) in [7, 11) is 3.64. The maximum absolute atomic E-state index is 10.6.